The molecule has 4 aromatic rings. The lowest BCUT2D eigenvalue weighted by atomic mass is 10.1. The number of esters is 1. The van der Waals surface area contributed by atoms with Gasteiger partial charge in [-0.25, -0.2) is 9.78 Å². The van der Waals surface area contributed by atoms with Gasteiger partial charge in [0.15, 0.2) is 6.10 Å². The molecule has 0 radical (unpaired) electrons. The molecule has 2 N–H and O–H groups in total. The summed E-state index contributed by atoms with van der Waals surface area (Å²) in [5, 5.41) is 11.5. The second-order valence-corrected chi connectivity index (χ2v) is 7.75. The van der Waals surface area contributed by atoms with Crippen LogP contribution < -0.4 is 5.32 Å². The molecule has 8 nitrogen and oxygen atoms in total. The third-order valence-corrected chi connectivity index (χ3v) is 5.21. The van der Waals surface area contributed by atoms with E-state index in [1.54, 1.807) is 32.0 Å². The zero-order chi connectivity index (χ0) is 21.1. The number of H-pyrrole nitrogens is 1. The second kappa shape index (κ2) is 8.42. The van der Waals surface area contributed by atoms with Crippen LogP contribution in [0.2, 0.25) is 0 Å². The minimum Gasteiger partial charge on any atom is -0.449 e. The molecule has 1 unspecified atom stereocenters. The number of aromatic nitrogens is 4. The number of imidazole rings is 1. The highest BCUT2D eigenvalue weighted by molar-refractivity contribution is 7.15. The Bertz CT molecular complexity index is 1180. The van der Waals surface area contributed by atoms with Crippen LogP contribution in [0.15, 0.2) is 48.5 Å². The van der Waals surface area contributed by atoms with E-state index in [4.69, 9.17) is 4.74 Å². The molecule has 0 saturated carbocycles. The van der Waals surface area contributed by atoms with Gasteiger partial charge in [0, 0.05) is 5.56 Å². The number of benzene rings is 2. The lowest BCUT2D eigenvalue weighted by Crippen LogP contribution is -2.32. The maximum Gasteiger partial charge on any atom is 0.339 e. The van der Waals surface area contributed by atoms with Gasteiger partial charge >= 0.3 is 5.97 Å². The Kier molecular flexibility index (Phi) is 5.53. The molecule has 4 rings (SSSR count). The number of anilines is 1. The lowest BCUT2D eigenvalue weighted by molar-refractivity contribution is -0.124. The second-order valence-electron chi connectivity index (χ2n) is 6.57. The van der Waals surface area contributed by atoms with Gasteiger partial charge in [0.05, 0.1) is 16.6 Å². The summed E-state index contributed by atoms with van der Waals surface area (Å²) in [6, 6.07) is 14.6. The zero-order valence-electron chi connectivity index (χ0n) is 16.4. The van der Waals surface area contributed by atoms with Gasteiger partial charge in [0.2, 0.25) is 5.13 Å². The molecule has 2 heterocycles. The van der Waals surface area contributed by atoms with E-state index in [0.717, 1.165) is 16.0 Å². The fourth-order valence-electron chi connectivity index (χ4n) is 3.00. The van der Waals surface area contributed by atoms with Crippen molar-refractivity contribution in [2.24, 2.45) is 0 Å². The molecule has 0 saturated heterocycles. The molecular weight excluding hydrogens is 402 g/mol. The van der Waals surface area contributed by atoms with E-state index in [1.165, 1.54) is 11.3 Å². The predicted octanol–water partition coefficient (Wildman–Crippen LogP) is 3.96. The van der Waals surface area contributed by atoms with Crippen molar-refractivity contribution in [2.45, 2.75) is 26.4 Å². The fourth-order valence-corrected chi connectivity index (χ4v) is 3.59. The van der Waals surface area contributed by atoms with Crippen LogP contribution in [0.1, 0.15) is 28.7 Å². The lowest BCUT2D eigenvalue weighted by Gasteiger charge is -2.16. The maximum absolute atomic E-state index is 12.9. The maximum atomic E-state index is 12.9. The van der Waals surface area contributed by atoms with Gasteiger partial charge in [-0.15, -0.1) is 10.2 Å². The molecule has 1 amide bonds. The van der Waals surface area contributed by atoms with Crippen molar-refractivity contribution in [3.63, 3.8) is 0 Å². The Balaban J connectivity index is 1.56. The van der Waals surface area contributed by atoms with E-state index in [9.17, 15) is 9.59 Å². The number of carbonyl (C=O) groups is 2. The first-order chi connectivity index (χ1) is 14.5. The van der Waals surface area contributed by atoms with Crippen LogP contribution in [0.5, 0.6) is 0 Å². The molecule has 0 aliphatic heterocycles. The summed E-state index contributed by atoms with van der Waals surface area (Å²) < 4.78 is 5.53. The summed E-state index contributed by atoms with van der Waals surface area (Å²) in [5.41, 5.74) is 2.60. The number of nitrogens with one attached hydrogen (secondary N) is 2. The summed E-state index contributed by atoms with van der Waals surface area (Å²) in [6.45, 7) is 3.56. The number of hydrogen-bond acceptors (Lipinski definition) is 7. The quantitative estimate of drug-likeness (QED) is 0.456. The van der Waals surface area contributed by atoms with Crippen molar-refractivity contribution in [1.82, 2.24) is 20.2 Å². The van der Waals surface area contributed by atoms with Crippen LogP contribution >= 0.6 is 11.3 Å². The number of fused-ring (bicyclic) bond motifs is 1. The first kappa shape index (κ1) is 19.7. The van der Waals surface area contributed by atoms with Crippen molar-refractivity contribution in [3.8, 4) is 11.4 Å². The van der Waals surface area contributed by atoms with Gasteiger partial charge in [-0.1, -0.05) is 48.6 Å². The molecule has 0 bridgehead atoms. The number of aryl methyl sites for hydroxylation is 1. The van der Waals surface area contributed by atoms with Crippen LogP contribution in [-0.2, 0) is 9.53 Å². The highest BCUT2D eigenvalue weighted by Crippen LogP contribution is 2.25. The topological polar surface area (TPSA) is 110 Å². The SMILES string of the molecule is CCC(OC(=O)c1ccccc1-c1nc2ccccc2[nH]1)C(=O)Nc1nnc(C)s1. The summed E-state index contributed by atoms with van der Waals surface area (Å²) in [5.74, 6) is -0.477. The van der Waals surface area contributed by atoms with Crippen LogP contribution in [0.25, 0.3) is 22.4 Å². The van der Waals surface area contributed by atoms with Crippen LogP contribution in [0.3, 0.4) is 0 Å². The van der Waals surface area contributed by atoms with Crippen molar-refractivity contribution < 1.29 is 14.3 Å². The Labute approximate surface area is 176 Å². The number of hydrogen-bond donors (Lipinski definition) is 2. The zero-order valence-corrected chi connectivity index (χ0v) is 17.2. The predicted molar refractivity (Wildman–Crippen MR) is 114 cm³/mol. The molecule has 9 heteroatoms. The summed E-state index contributed by atoms with van der Waals surface area (Å²) >= 11 is 1.25. The van der Waals surface area contributed by atoms with Crippen LogP contribution in [-0.4, -0.2) is 38.1 Å². The summed E-state index contributed by atoms with van der Waals surface area (Å²) in [4.78, 5) is 33.2. The average Bonchev–Trinajstić information content (AvgIpc) is 3.37. The molecule has 0 aliphatic rings. The first-order valence-electron chi connectivity index (χ1n) is 9.41. The van der Waals surface area contributed by atoms with E-state index in [-0.39, 0.29) is 0 Å². The Hall–Kier alpha value is -3.59. The smallest absolute Gasteiger partial charge is 0.339 e. The third kappa shape index (κ3) is 4.06. The average molecular weight is 421 g/mol. The molecule has 30 heavy (non-hydrogen) atoms. The highest BCUT2D eigenvalue weighted by Gasteiger charge is 2.25. The van der Waals surface area contributed by atoms with Crippen molar-refractivity contribution in [3.05, 3.63) is 59.1 Å². The number of aromatic amines is 1. The van der Waals surface area contributed by atoms with Crippen LogP contribution in [0.4, 0.5) is 5.13 Å². The van der Waals surface area contributed by atoms with Crippen molar-refractivity contribution in [2.75, 3.05) is 5.32 Å². The largest absolute Gasteiger partial charge is 0.449 e. The fraction of sp³-hybridized carbons (Fsp3) is 0.190. The molecule has 152 valence electrons. The molecule has 0 fully saturated rings. The van der Waals surface area contributed by atoms with E-state index >= 15 is 0 Å². The first-order valence-corrected chi connectivity index (χ1v) is 10.2. The number of nitrogens with zero attached hydrogens (tertiary/aromatic N) is 3. The minimum atomic E-state index is -0.953. The van der Waals surface area contributed by atoms with Gasteiger partial charge < -0.3 is 9.72 Å². The van der Waals surface area contributed by atoms with Crippen LogP contribution in [0, 0.1) is 6.92 Å². The van der Waals surface area contributed by atoms with Gasteiger partial charge in [-0.3, -0.25) is 10.1 Å². The van der Waals surface area contributed by atoms with Gasteiger partial charge in [0.25, 0.3) is 5.91 Å². The molecule has 2 aromatic heterocycles. The molecule has 1 atom stereocenters. The number of rotatable bonds is 6. The van der Waals surface area contributed by atoms with E-state index in [2.05, 4.69) is 25.5 Å². The number of para-hydroxylation sites is 2. The van der Waals surface area contributed by atoms with Gasteiger partial charge in [0.1, 0.15) is 10.8 Å². The number of carbonyl (C=O) groups excluding carboxylic acids is 2. The monoisotopic (exact) mass is 421 g/mol. The Morgan fingerprint density at radius 1 is 1.13 bits per heavy atom. The van der Waals surface area contributed by atoms with Crippen molar-refractivity contribution in [1.29, 1.82) is 0 Å². The van der Waals surface area contributed by atoms with Gasteiger partial charge in [-0.2, -0.15) is 0 Å². The Morgan fingerprint density at radius 2 is 1.90 bits per heavy atom. The standard InChI is InChI=1S/C21H19N5O3S/c1-3-17(19(27)24-21-26-25-12(2)30-21)29-20(28)14-9-5-4-8-13(14)18-22-15-10-6-7-11-16(15)23-18/h4-11,17H,3H2,1-2H3,(H,22,23)(H,24,26,27). The molecule has 0 spiro atoms. The Morgan fingerprint density at radius 3 is 2.63 bits per heavy atom. The molecule has 0 aliphatic carbocycles. The molecular formula is C21H19N5O3S. The van der Waals surface area contributed by atoms with Gasteiger partial charge in [-0.05, 0) is 31.5 Å². The molecule has 2 aromatic carbocycles. The normalized spacial score (nSPS) is 11.9. The van der Waals surface area contributed by atoms with E-state index < -0.39 is 18.0 Å². The number of ether oxygens (including phenoxy) is 1. The third-order valence-electron chi connectivity index (χ3n) is 4.46. The number of amides is 1. The van der Waals surface area contributed by atoms with Crippen molar-refractivity contribution >= 4 is 39.4 Å². The van der Waals surface area contributed by atoms with E-state index in [1.807, 2.05) is 30.3 Å². The highest BCUT2D eigenvalue weighted by atomic mass is 32.1. The summed E-state index contributed by atoms with van der Waals surface area (Å²) in [6.07, 6.45) is -0.632. The van der Waals surface area contributed by atoms with E-state index in [0.29, 0.717) is 28.5 Å². The summed E-state index contributed by atoms with van der Waals surface area (Å²) in [7, 11) is 0. The minimum absolute atomic E-state index is 0.322.